The first-order valence-electron chi connectivity index (χ1n) is 8.82. The Labute approximate surface area is 148 Å². The third-order valence-electron chi connectivity index (χ3n) is 4.70. The van der Waals surface area contributed by atoms with Crippen molar-refractivity contribution in [2.75, 3.05) is 26.2 Å². The lowest BCUT2D eigenvalue weighted by Gasteiger charge is -2.35. The largest absolute Gasteiger partial charge is 0.357 e. The normalized spacial score (nSPS) is 14.6. The van der Waals surface area contributed by atoms with E-state index < -0.39 is 0 Å². The molecule has 25 heavy (non-hydrogen) atoms. The summed E-state index contributed by atoms with van der Waals surface area (Å²) >= 11 is 0. The minimum absolute atomic E-state index is 0.141. The molecule has 1 fully saturated rings. The second-order valence-electron chi connectivity index (χ2n) is 6.61. The van der Waals surface area contributed by atoms with Crippen molar-refractivity contribution in [1.29, 1.82) is 0 Å². The highest BCUT2D eigenvalue weighted by atomic mass is 16.2. The van der Waals surface area contributed by atoms with E-state index in [0.717, 1.165) is 12.0 Å². The third kappa shape index (κ3) is 4.72. The Morgan fingerprint density at radius 3 is 2.12 bits per heavy atom. The summed E-state index contributed by atoms with van der Waals surface area (Å²) < 4.78 is 1.95. The molecule has 0 bridgehead atoms. The quantitative estimate of drug-likeness (QED) is 0.835. The van der Waals surface area contributed by atoms with Gasteiger partial charge in [0, 0.05) is 52.0 Å². The Kier molecular flexibility index (Phi) is 5.53. The summed E-state index contributed by atoms with van der Waals surface area (Å²) in [4.78, 5) is 28.5. The van der Waals surface area contributed by atoms with Gasteiger partial charge in [-0.1, -0.05) is 30.3 Å². The van der Waals surface area contributed by atoms with Crippen LogP contribution in [0, 0.1) is 0 Å². The van der Waals surface area contributed by atoms with Crippen molar-refractivity contribution < 1.29 is 9.59 Å². The van der Waals surface area contributed by atoms with Gasteiger partial charge in [0.15, 0.2) is 0 Å². The molecule has 132 valence electrons. The highest BCUT2D eigenvalue weighted by Gasteiger charge is 2.23. The minimum Gasteiger partial charge on any atom is -0.357 e. The van der Waals surface area contributed by atoms with Crippen LogP contribution >= 0.6 is 0 Å². The van der Waals surface area contributed by atoms with Crippen molar-refractivity contribution in [2.45, 2.75) is 19.3 Å². The van der Waals surface area contributed by atoms with Crippen molar-refractivity contribution in [3.05, 3.63) is 59.9 Å². The number of aromatic nitrogens is 1. The predicted molar refractivity (Wildman–Crippen MR) is 97.0 cm³/mol. The molecule has 0 radical (unpaired) electrons. The molecule has 0 aliphatic carbocycles. The average Bonchev–Trinajstić information content (AvgIpc) is 3.05. The van der Waals surface area contributed by atoms with Crippen LogP contribution in [-0.2, 0) is 29.5 Å². The van der Waals surface area contributed by atoms with Crippen LogP contribution in [0.15, 0.2) is 48.8 Å². The Hall–Kier alpha value is -2.56. The van der Waals surface area contributed by atoms with Gasteiger partial charge in [0.2, 0.25) is 11.8 Å². The van der Waals surface area contributed by atoms with E-state index in [1.165, 1.54) is 5.56 Å². The third-order valence-corrected chi connectivity index (χ3v) is 4.70. The average molecular weight is 339 g/mol. The van der Waals surface area contributed by atoms with Gasteiger partial charge in [0.1, 0.15) is 0 Å². The molecule has 0 atom stereocenters. The van der Waals surface area contributed by atoms with Gasteiger partial charge in [-0.15, -0.1) is 0 Å². The lowest BCUT2D eigenvalue weighted by Crippen LogP contribution is -2.51. The maximum atomic E-state index is 12.4. The Balaban J connectivity index is 1.43. The van der Waals surface area contributed by atoms with E-state index in [2.05, 4.69) is 0 Å². The first kappa shape index (κ1) is 17.3. The smallest absolute Gasteiger partial charge is 0.227 e. The van der Waals surface area contributed by atoms with Crippen LogP contribution in [0.1, 0.15) is 17.5 Å². The molecular weight excluding hydrogens is 314 g/mol. The number of rotatable bonds is 5. The first-order chi connectivity index (χ1) is 12.1. The Morgan fingerprint density at radius 1 is 0.880 bits per heavy atom. The maximum Gasteiger partial charge on any atom is 0.227 e. The number of piperazine rings is 1. The van der Waals surface area contributed by atoms with E-state index in [4.69, 9.17) is 0 Å². The molecule has 3 rings (SSSR count). The molecule has 2 aromatic rings. The van der Waals surface area contributed by atoms with Crippen LogP contribution in [0.2, 0.25) is 0 Å². The number of benzene rings is 1. The number of hydrogen-bond donors (Lipinski definition) is 0. The summed E-state index contributed by atoms with van der Waals surface area (Å²) in [5.74, 6) is 0.321. The highest BCUT2D eigenvalue weighted by molar-refractivity contribution is 5.80. The molecule has 0 spiro atoms. The molecule has 2 heterocycles. The summed E-state index contributed by atoms with van der Waals surface area (Å²) in [6.07, 6.45) is 5.66. The van der Waals surface area contributed by atoms with E-state index in [1.54, 1.807) is 0 Å². The molecule has 0 saturated carbocycles. The van der Waals surface area contributed by atoms with Gasteiger partial charge >= 0.3 is 0 Å². The molecule has 5 nitrogen and oxygen atoms in total. The highest BCUT2D eigenvalue weighted by Crippen LogP contribution is 2.10. The van der Waals surface area contributed by atoms with Gasteiger partial charge in [-0.2, -0.15) is 0 Å². The van der Waals surface area contributed by atoms with Crippen LogP contribution < -0.4 is 0 Å². The van der Waals surface area contributed by atoms with Crippen LogP contribution in [-0.4, -0.2) is 52.4 Å². The van der Waals surface area contributed by atoms with Crippen molar-refractivity contribution in [3.8, 4) is 0 Å². The van der Waals surface area contributed by atoms with E-state index in [-0.39, 0.29) is 11.8 Å². The molecule has 1 aliphatic heterocycles. The zero-order chi connectivity index (χ0) is 17.6. The number of hydrogen-bond acceptors (Lipinski definition) is 2. The van der Waals surface area contributed by atoms with Crippen LogP contribution in [0.4, 0.5) is 0 Å². The lowest BCUT2D eigenvalue weighted by atomic mass is 10.1. The zero-order valence-corrected chi connectivity index (χ0v) is 14.7. The van der Waals surface area contributed by atoms with Crippen LogP contribution in [0.25, 0.3) is 0 Å². The van der Waals surface area contributed by atoms with E-state index in [0.29, 0.717) is 39.0 Å². The number of nitrogens with zero attached hydrogens (tertiary/aromatic N) is 3. The minimum atomic E-state index is 0.141. The molecule has 0 N–H and O–H groups in total. The van der Waals surface area contributed by atoms with Gasteiger partial charge in [0.25, 0.3) is 0 Å². The number of amides is 2. The summed E-state index contributed by atoms with van der Waals surface area (Å²) in [5.41, 5.74) is 2.22. The van der Waals surface area contributed by atoms with Gasteiger partial charge in [-0.3, -0.25) is 9.59 Å². The molecule has 1 saturated heterocycles. The van der Waals surface area contributed by atoms with Crippen LogP contribution in [0.3, 0.4) is 0 Å². The predicted octanol–water partition coefficient (Wildman–Crippen LogP) is 1.87. The van der Waals surface area contributed by atoms with Crippen molar-refractivity contribution in [1.82, 2.24) is 14.4 Å². The summed E-state index contributed by atoms with van der Waals surface area (Å²) in [5, 5.41) is 0. The van der Waals surface area contributed by atoms with Crippen molar-refractivity contribution >= 4 is 11.8 Å². The molecule has 5 heteroatoms. The monoisotopic (exact) mass is 339 g/mol. The van der Waals surface area contributed by atoms with Crippen molar-refractivity contribution in [3.63, 3.8) is 0 Å². The van der Waals surface area contributed by atoms with Gasteiger partial charge in [-0.25, -0.2) is 0 Å². The van der Waals surface area contributed by atoms with E-state index >= 15 is 0 Å². The van der Waals surface area contributed by atoms with Gasteiger partial charge in [-0.05, 0) is 23.6 Å². The van der Waals surface area contributed by atoms with Gasteiger partial charge in [0.05, 0.1) is 6.42 Å². The Morgan fingerprint density at radius 2 is 1.52 bits per heavy atom. The van der Waals surface area contributed by atoms with Crippen LogP contribution in [0.5, 0.6) is 0 Å². The second kappa shape index (κ2) is 8.01. The molecule has 1 aromatic heterocycles. The summed E-state index contributed by atoms with van der Waals surface area (Å²) in [6, 6.07) is 12.0. The zero-order valence-electron chi connectivity index (χ0n) is 14.7. The fourth-order valence-electron chi connectivity index (χ4n) is 3.21. The number of aryl methyl sites for hydroxylation is 2. The Bertz CT molecular complexity index is 716. The fraction of sp³-hybridized carbons (Fsp3) is 0.400. The molecular formula is C20H25N3O2. The lowest BCUT2D eigenvalue weighted by molar-refractivity contribution is -0.139. The van der Waals surface area contributed by atoms with E-state index in [9.17, 15) is 9.59 Å². The van der Waals surface area contributed by atoms with E-state index in [1.807, 2.05) is 70.2 Å². The number of carbonyl (C=O) groups is 2. The standard InChI is InChI=1S/C20H25N3O2/c1-21-10-9-18(16-21)15-20(25)23-13-11-22(12-14-23)19(24)8-7-17-5-3-2-4-6-17/h2-6,9-10,16H,7-8,11-15H2,1H3. The summed E-state index contributed by atoms with van der Waals surface area (Å²) in [7, 11) is 1.95. The van der Waals surface area contributed by atoms with Gasteiger partial charge < -0.3 is 14.4 Å². The van der Waals surface area contributed by atoms with Crippen molar-refractivity contribution in [2.24, 2.45) is 7.05 Å². The maximum absolute atomic E-state index is 12.4. The fourth-order valence-corrected chi connectivity index (χ4v) is 3.21. The molecule has 2 amide bonds. The first-order valence-corrected chi connectivity index (χ1v) is 8.82. The molecule has 1 aromatic carbocycles. The molecule has 1 aliphatic rings. The molecule has 0 unspecified atom stereocenters. The summed E-state index contributed by atoms with van der Waals surface area (Å²) in [6.45, 7) is 2.52. The topological polar surface area (TPSA) is 45.6 Å². The SMILES string of the molecule is Cn1ccc(CC(=O)N2CCN(C(=O)CCc3ccccc3)CC2)c1. The number of carbonyl (C=O) groups excluding carboxylic acids is 2. The second-order valence-corrected chi connectivity index (χ2v) is 6.61.